The van der Waals surface area contributed by atoms with Gasteiger partial charge in [0.25, 0.3) is 5.91 Å². The number of hydrogen-bond donors (Lipinski definition) is 2. The molecule has 168 valence electrons. The number of nitrogens with zero attached hydrogens (tertiary/aromatic N) is 1. The van der Waals surface area contributed by atoms with Crippen molar-refractivity contribution in [1.29, 1.82) is 0 Å². The van der Waals surface area contributed by atoms with Gasteiger partial charge in [0.05, 0.1) is 6.54 Å². The number of carbonyl (C=O) groups is 4. The Kier molecular flexibility index (Phi) is 7.65. The van der Waals surface area contributed by atoms with Gasteiger partial charge in [-0.3, -0.25) is 19.2 Å². The van der Waals surface area contributed by atoms with Gasteiger partial charge in [-0.25, -0.2) is 0 Å². The van der Waals surface area contributed by atoms with Gasteiger partial charge in [-0.2, -0.15) is 0 Å². The third-order valence-electron chi connectivity index (χ3n) is 6.23. The van der Waals surface area contributed by atoms with E-state index in [1.54, 1.807) is 31.2 Å². The van der Waals surface area contributed by atoms with Crippen molar-refractivity contribution in [1.82, 2.24) is 4.90 Å². The van der Waals surface area contributed by atoms with Gasteiger partial charge in [0.1, 0.15) is 0 Å². The van der Waals surface area contributed by atoms with Gasteiger partial charge in [0, 0.05) is 31.3 Å². The van der Waals surface area contributed by atoms with E-state index in [1.807, 2.05) is 0 Å². The normalized spacial score (nSPS) is 21.4. The summed E-state index contributed by atoms with van der Waals surface area (Å²) in [5.74, 6) is 0.550. The standard InChI is InChI=1S/C23H31N3O5/c1-3-26(13-21(28)25-20-8-6-19(7-9-20)24-15(2)27)22(29)14-31-23(30)12-18-11-16-4-5-17(18)10-16/h6-9,16-18H,3-5,10-14H2,1-2H3,(H,24,27)(H,25,28)/t16-,17-,18+/m1/s1. The van der Waals surface area contributed by atoms with Crippen LogP contribution >= 0.6 is 0 Å². The summed E-state index contributed by atoms with van der Waals surface area (Å²) in [5, 5.41) is 5.37. The topological polar surface area (TPSA) is 105 Å². The van der Waals surface area contributed by atoms with E-state index in [4.69, 9.17) is 4.74 Å². The summed E-state index contributed by atoms with van der Waals surface area (Å²) in [4.78, 5) is 49.3. The summed E-state index contributed by atoms with van der Waals surface area (Å²) < 4.78 is 5.20. The monoisotopic (exact) mass is 429 g/mol. The van der Waals surface area contributed by atoms with Gasteiger partial charge >= 0.3 is 5.97 Å². The molecule has 31 heavy (non-hydrogen) atoms. The summed E-state index contributed by atoms with van der Waals surface area (Å²) in [7, 11) is 0. The molecule has 2 aliphatic rings. The van der Waals surface area contributed by atoms with E-state index in [0.717, 1.165) is 12.3 Å². The predicted molar refractivity (Wildman–Crippen MR) is 116 cm³/mol. The number of anilines is 2. The van der Waals surface area contributed by atoms with Crippen molar-refractivity contribution in [3.05, 3.63) is 24.3 Å². The number of fused-ring (bicyclic) bond motifs is 2. The van der Waals surface area contributed by atoms with Crippen LogP contribution in [-0.4, -0.2) is 48.3 Å². The van der Waals surface area contributed by atoms with Gasteiger partial charge in [0.2, 0.25) is 11.8 Å². The van der Waals surface area contributed by atoms with E-state index in [9.17, 15) is 19.2 Å². The lowest BCUT2D eigenvalue weighted by Gasteiger charge is -2.22. The minimum absolute atomic E-state index is 0.132. The molecule has 2 N–H and O–H groups in total. The van der Waals surface area contributed by atoms with Gasteiger partial charge in [-0.05, 0) is 68.2 Å². The number of benzene rings is 1. The molecular formula is C23H31N3O5. The first-order valence-electron chi connectivity index (χ1n) is 10.9. The molecule has 0 spiro atoms. The molecule has 0 heterocycles. The zero-order valence-corrected chi connectivity index (χ0v) is 18.2. The second-order valence-corrected chi connectivity index (χ2v) is 8.51. The molecule has 0 radical (unpaired) electrons. The zero-order valence-electron chi connectivity index (χ0n) is 18.2. The number of likely N-dealkylation sites (N-methyl/N-ethyl adjacent to an activating group) is 1. The van der Waals surface area contributed by atoms with Crippen LogP contribution in [0.5, 0.6) is 0 Å². The Labute approximate surface area is 182 Å². The van der Waals surface area contributed by atoms with Crippen LogP contribution in [0.15, 0.2) is 24.3 Å². The van der Waals surface area contributed by atoms with E-state index in [0.29, 0.717) is 36.2 Å². The number of ether oxygens (including phenoxy) is 1. The lowest BCUT2D eigenvalue weighted by Crippen LogP contribution is -2.40. The number of esters is 1. The van der Waals surface area contributed by atoms with Crippen LogP contribution < -0.4 is 10.6 Å². The summed E-state index contributed by atoms with van der Waals surface area (Å²) in [6.45, 7) is 3.04. The van der Waals surface area contributed by atoms with Crippen molar-refractivity contribution in [2.45, 2.75) is 46.0 Å². The predicted octanol–water partition coefficient (Wildman–Crippen LogP) is 2.80. The Morgan fingerprint density at radius 3 is 2.26 bits per heavy atom. The molecule has 8 heteroatoms. The average Bonchev–Trinajstić information content (AvgIpc) is 3.34. The van der Waals surface area contributed by atoms with Crippen molar-refractivity contribution in [2.24, 2.45) is 17.8 Å². The van der Waals surface area contributed by atoms with Crippen molar-refractivity contribution < 1.29 is 23.9 Å². The second-order valence-electron chi connectivity index (χ2n) is 8.51. The van der Waals surface area contributed by atoms with E-state index in [2.05, 4.69) is 10.6 Å². The molecule has 3 amide bonds. The molecule has 2 bridgehead atoms. The SMILES string of the molecule is CCN(CC(=O)Nc1ccc(NC(C)=O)cc1)C(=O)COC(=O)C[C@@H]1C[C@@H]2CC[C@@H]1C2. The highest BCUT2D eigenvalue weighted by atomic mass is 16.5. The number of carbonyl (C=O) groups excluding carboxylic acids is 4. The molecule has 1 aromatic rings. The molecule has 1 aromatic carbocycles. The maximum Gasteiger partial charge on any atom is 0.306 e. The molecular weight excluding hydrogens is 398 g/mol. The second kappa shape index (κ2) is 10.4. The van der Waals surface area contributed by atoms with Gasteiger partial charge < -0.3 is 20.3 Å². The third-order valence-corrected chi connectivity index (χ3v) is 6.23. The first-order chi connectivity index (χ1) is 14.8. The van der Waals surface area contributed by atoms with E-state index >= 15 is 0 Å². The molecule has 2 saturated carbocycles. The molecule has 3 rings (SSSR count). The quantitative estimate of drug-likeness (QED) is 0.588. The van der Waals surface area contributed by atoms with Crippen LogP contribution in [0.1, 0.15) is 46.0 Å². The average molecular weight is 430 g/mol. The van der Waals surface area contributed by atoms with Crippen molar-refractivity contribution in [3.63, 3.8) is 0 Å². The Morgan fingerprint density at radius 1 is 1.03 bits per heavy atom. The van der Waals surface area contributed by atoms with E-state index in [-0.39, 0.29) is 36.8 Å². The Morgan fingerprint density at radius 2 is 1.71 bits per heavy atom. The molecule has 3 atom stereocenters. The van der Waals surface area contributed by atoms with Crippen molar-refractivity contribution in [2.75, 3.05) is 30.3 Å². The maximum atomic E-state index is 12.4. The van der Waals surface area contributed by atoms with Crippen LogP contribution in [0.25, 0.3) is 0 Å². The fourth-order valence-electron chi connectivity index (χ4n) is 4.72. The highest BCUT2D eigenvalue weighted by molar-refractivity contribution is 5.95. The van der Waals surface area contributed by atoms with Gasteiger partial charge in [0.15, 0.2) is 6.61 Å². The van der Waals surface area contributed by atoms with Crippen molar-refractivity contribution >= 4 is 35.1 Å². The smallest absolute Gasteiger partial charge is 0.306 e. The molecule has 8 nitrogen and oxygen atoms in total. The summed E-state index contributed by atoms with van der Waals surface area (Å²) in [5.41, 5.74) is 1.18. The minimum Gasteiger partial charge on any atom is -0.456 e. The Bertz CT molecular complexity index is 823. The third kappa shape index (κ3) is 6.54. The summed E-state index contributed by atoms with van der Waals surface area (Å²) >= 11 is 0. The number of hydrogen-bond acceptors (Lipinski definition) is 5. The van der Waals surface area contributed by atoms with E-state index in [1.165, 1.54) is 31.1 Å². The first kappa shape index (κ1) is 22.8. The number of rotatable bonds is 9. The Balaban J connectivity index is 1.40. The van der Waals surface area contributed by atoms with E-state index < -0.39 is 0 Å². The lowest BCUT2D eigenvalue weighted by molar-refractivity contribution is -0.153. The lowest BCUT2D eigenvalue weighted by atomic mass is 9.86. The van der Waals surface area contributed by atoms with Gasteiger partial charge in [-0.15, -0.1) is 0 Å². The molecule has 0 aromatic heterocycles. The fourth-order valence-corrected chi connectivity index (χ4v) is 4.72. The molecule has 2 fully saturated rings. The van der Waals surface area contributed by atoms with Crippen LogP contribution in [0, 0.1) is 17.8 Å². The molecule has 0 unspecified atom stereocenters. The van der Waals surface area contributed by atoms with Crippen molar-refractivity contribution in [3.8, 4) is 0 Å². The number of amides is 3. The molecule has 0 aliphatic heterocycles. The minimum atomic E-state index is -0.389. The molecule has 2 aliphatic carbocycles. The van der Waals surface area contributed by atoms with Crippen LogP contribution in [0.2, 0.25) is 0 Å². The number of nitrogens with one attached hydrogen (secondary N) is 2. The van der Waals surface area contributed by atoms with Gasteiger partial charge in [-0.1, -0.05) is 6.42 Å². The Hall–Kier alpha value is -2.90. The van der Waals surface area contributed by atoms with Crippen LogP contribution in [0.4, 0.5) is 11.4 Å². The largest absolute Gasteiger partial charge is 0.456 e. The molecule has 0 saturated heterocycles. The van der Waals surface area contributed by atoms with Crippen LogP contribution in [-0.2, 0) is 23.9 Å². The zero-order chi connectivity index (χ0) is 22.4. The highest BCUT2D eigenvalue weighted by Crippen LogP contribution is 2.49. The first-order valence-corrected chi connectivity index (χ1v) is 10.9. The van der Waals surface area contributed by atoms with Crippen LogP contribution in [0.3, 0.4) is 0 Å². The maximum absolute atomic E-state index is 12.4. The summed E-state index contributed by atoms with van der Waals surface area (Å²) in [6, 6.07) is 6.68. The summed E-state index contributed by atoms with van der Waals surface area (Å²) in [6.07, 6.45) is 5.19. The highest BCUT2D eigenvalue weighted by Gasteiger charge is 2.40. The fraction of sp³-hybridized carbons (Fsp3) is 0.565.